The Hall–Kier alpha value is -1.82. The van der Waals surface area contributed by atoms with Gasteiger partial charge in [0.2, 0.25) is 5.91 Å². The van der Waals surface area contributed by atoms with Gasteiger partial charge in [0.25, 0.3) is 5.56 Å². The van der Waals surface area contributed by atoms with Crippen molar-refractivity contribution in [2.75, 3.05) is 12.3 Å². The smallest absolute Gasteiger partial charge is 0.262 e. The van der Waals surface area contributed by atoms with Crippen LogP contribution in [0.4, 0.5) is 0 Å². The van der Waals surface area contributed by atoms with Crippen LogP contribution >= 0.6 is 11.8 Å². The van der Waals surface area contributed by atoms with Gasteiger partial charge in [-0.3, -0.25) is 14.2 Å². The maximum absolute atomic E-state index is 12.9. The van der Waals surface area contributed by atoms with E-state index in [0.717, 1.165) is 42.2 Å². The number of unbranched alkanes of at least 4 members (excludes halogenated alkanes) is 1. The third kappa shape index (κ3) is 4.69. The molecule has 1 amide bonds. The predicted octanol–water partition coefficient (Wildman–Crippen LogP) is 5.11. The Kier molecular flexibility index (Phi) is 6.21. The summed E-state index contributed by atoms with van der Waals surface area (Å²) in [6, 6.07) is 7.96. The van der Waals surface area contributed by atoms with Gasteiger partial charge in [0, 0.05) is 31.3 Å². The molecule has 2 fully saturated rings. The van der Waals surface area contributed by atoms with E-state index >= 15 is 0 Å². The summed E-state index contributed by atoms with van der Waals surface area (Å²) >= 11 is 1.63. The van der Waals surface area contributed by atoms with Gasteiger partial charge in [-0.2, -0.15) is 0 Å². The maximum Gasteiger partial charge on any atom is 0.262 e. The van der Waals surface area contributed by atoms with Crippen molar-refractivity contribution in [3.05, 3.63) is 34.6 Å². The zero-order valence-electron chi connectivity index (χ0n) is 19.3. The van der Waals surface area contributed by atoms with E-state index in [-0.39, 0.29) is 5.56 Å². The lowest BCUT2D eigenvalue weighted by Crippen LogP contribution is -2.37. The highest BCUT2D eigenvalue weighted by atomic mass is 32.2. The van der Waals surface area contributed by atoms with Crippen LogP contribution in [0.2, 0.25) is 0 Å². The van der Waals surface area contributed by atoms with E-state index in [9.17, 15) is 9.59 Å². The molecule has 168 valence electrons. The van der Waals surface area contributed by atoms with E-state index in [4.69, 9.17) is 4.98 Å². The first-order valence-electron chi connectivity index (χ1n) is 11.6. The lowest BCUT2D eigenvalue weighted by Gasteiger charge is -2.39. The lowest BCUT2D eigenvalue weighted by molar-refractivity contribution is -0.132. The van der Waals surface area contributed by atoms with E-state index in [1.807, 2.05) is 31.2 Å². The van der Waals surface area contributed by atoms with E-state index < -0.39 is 0 Å². The number of hydrogen-bond acceptors (Lipinski definition) is 4. The number of fused-ring (bicyclic) bond motifs is 3. The van der Waals surface area contributed by atoms with E-state index in [1.54, 1.807) is 16.3 Å². The van der Waals surface area contributed by atoms with Crippen molar-refractivity contribution in [3.63, 3.8) is 0 Å². The van der Waals surface area contributed by atoms with Gasteiger partial charge in [-0.05, 0) is 62.0 Å². The van der Waals surface area contributed by atoms with Gasteiger partial charge in [-0.15, -0.1) is 0 Å². The van der Waals surface area contributed by atoms with Crippen molar-refractivity contribution in [1.29, 1.82) is 0 Å². The van der Waals surface area contributed by atoms with Gasteiger partial charge in [-0.1, -0.05) is 44.7 Å². The van der Waals surface area contributed by atoms with Crippen molar-refractivity contribution in [2.24, 2.45) is 10.8 Å². The molecule has 0 spiro atoms. The van der Waals surface area contributed by atoms with Crippen LogP contribution in [-0.4, -0.2) is 38.7 Å². The molecule has 2 aromatic rings. The number of benzene rings is 1. The molecule has 31 heavy (non-hydrogen) atoms. The molecule has 2 atom stereocenters. The Bertz CT molecular complexity index is 1030. The van der Waals surface area contributed by atoms with Crippen LogP contribution in [0.3, 0.4) is 0 Å². The summed E-state index contributed by atoms with van der Waals surface area (Å²) in [5, 5.41) is 1.45. The highest BCUT2D eigenvalue weighted by Crippen LogP contribution is 2.52. The second kappa shape index (κ2) is 8.61. The minimum atomic E-state index is 0.0300. The molecule has 0 N–H and O–H groups in total. The summed E-state index contributed by atoms with van der Waals surface area (Å²) in [6.45, 7) is 10.6. The van der Waals surface area contributed by atoms with Gasteiger partial charge in [-0.25, -0.2) is 4.98 Å². The molecule has 1 aliphatic carbocycles. The largest absolute Gasteiger partial charge is 0.339 e. The fourth-order valence-corrected chi connectivity index (χ4v) is 7.04. The first-order valence-corrected chi connectivity index (χ1v) is 12.6. The average molecular weight is 442 g/mol. The first kappa shape index (κ1) is 22.4. The average Bonchev–Trinajstić information content (AvgIpc) is 2.96. The van der Waals surface area contributed by atoms with Gasteiger partial charge < -0.3 is 4.90 Å². The molecule has 1 aliphatic heterocycles. The standard InChI is InChI=1S/C25H35N3O2S/c1-5-27-22(30)19-10-6-7-11-20(19)26-23(27)31-13-9-8-12-21(29)28-17-25(4)15-18(28)14-24(2,3)16-25/h6-7,10-11,18H,5,8-9,12-17H2,1-4H3. The monoisotopic (exact) mass is 441 g/mol. The molecule has 4 rings (SSSR count). The van der Waals surface area contributed by atoms with Crippen molar-refractivity contribution in [2.45, 2.75) is 84.0 Å². The Balaban J connectivity index is 1.30. The summed E-state index contributed by atoms with van der Waals surface area (Å²) in [5.74, 6) is 1.19. The minimum Gasteiger partial charge on any atom is -0.339 e. The second-order valence-electron chi connectivity index (χ2n) is 10.5. The SMILES string of the molecule is CCn1c(SCCCCC(=O)N2CC3(C)CC2CC(C)(C)C3)nc2ccccc2c1=O. The molecule has 1 saturated heterocycles. The number of aromatic nitrogens is 2. The second-order valence-corrected chi connectivity index (χ2v) is 11.6. The van der Waals surface area contributed by atoms with Crippen molar-refractivity contribution in [3.8, 4) is 0 Å². The number of amides is 1. The molecule has 1 saturated carbocycles. The molecule has 2 bridgehead atoms. The van der Waals surface area contributed by atoms with Crippen molar-refractivity contribution in [1.82, 2.24) is 14.5 Å². The number of likely N-dealkylation sites (tertiary alicyclic amines) is 1. The third-order valence-electron chi connectivity index (χ3n) is 6.89. The zero-order valence-corrected chi connectivity index (χ0v) is 20.1. The summed E-state index contributed by atoms with van der Waals surface area (Å²) in [5.41, 5.74) is 1.42. The Morgan fingerprint density at radius 2 is 1.97 bits per heavy atom. The molecule has 1 aromatic carbocycles. The molecule has 2 aliphatic rings. The fourth-order valence-electron chi connectivity index (χ4n) is 5.97. The van der Waals surface area contributed by atoms with Crippen LogP contribution in [0.5, 0.6) is 0 Å². The molecule has 5 nitrogen and oxygen atoms in total. The summed E-state index contributed by atoms with van der Waals surface area (Å²) in [6.07, 6.45) is 5.98. The molecular weight excluding hydrogens is 406 g/mol. The van der Waals surface area contributed by atoms with E-state index in [1.165, 1.54) is 12.8 Å². The summed E-state index contributed by atoms with van der Waals surface area (Å²) in [7, 11) is 0. The number of thioether (sulfide) groups is 1. The lowest BCUT2D eigenvalue weighted by atomic mass is 9.65. The van der Waals surface area contributed by atoms with Crippen LogP contribution in [0.1, 0.15) is 66.2 Å². The molecule has 6 heteroatoms. The maximum atomic E-state index is 12.9. The Morgan fingerprint density at radius 3 is 2.74 bits per heavy atom. The minimum absolute atomic E-state index is 0.0300. The molecule has 1 aromatic heterocycles. The summed E-state index contributed by atoms with van der Waals surface area (Å²) < 4.78 is 1.76. The van der Waals surface area contributed by atoms with Crippen molar-refractivity contribution < 1.29 is 4.79 Å². The topological polar surface area (TPSA) is 55.2 Å². The van der Waals surface area contributed by atoms with Crippen LogP contribution in [0, 0.1) is 10.8 Å². The van der Waals surface area contributed by atoms with Gasteiger partial charge >= 0.3 is 0 Å². The number of para-hydroxylation sites is 1. The quantitative estimate of drug-likeness (QED) is 0.340. The van der Waals surface area contributed by atoms with Crippen LogP contribution < -0.4 is 5.56 Å². The predicted molar refractivity (Wildman–Crippen MR) is 127 cm³/mol. The number of hydrogen-bond donors (Lipinski definition) is 0. The van der Waals surface area contributed by atoms with Gasteiger partial charge in [0.05, 0.1) is 10.9 Å². The Labute approximate surface area is 189 Å². The highest BCUT2D eigenvalue weighted by molar-refractivity contribution is 7.99. The Morgan fingerprint density at radius 1 is 1.19 bits per heavy atom. The molecule has 0 radical (unpaired) electrons. The number of carbonyl (C=O) groups excluding carboxylic acids is 1. The summed E-state index contributed by atoms with van der Waals surface area (Å²) in [4.78, 5) is 32.5. The third-order valence-corrected chi connectivity index (χ3v) is 7.96. The number of carbonyl (C=O) groups is 1. The van der Waals surface area contributed by atoms with Crippen LogP contribution in [0.15, 0.2) is 34.2 Å². The molecular formula is C25H35N3O2S. The van der Waals surface area contributed by atoms with E-state index in [0.29, 0.717) is 41.1 Å². The zero-order chi connectivity index (χ0) is 22.2. The van der Waals surface area contributed by atoms with Crippen molar-refractivity contribution >= 4 is 28.6 Å². The molecule has 2 heterocycles. The molecule has 2 unspecified atom stereocenters. The number of nitrogens with zero attached hydrogens (tertiary/aromatic N) is 3. The van der Waals surface area contributed by atoms with Crippen LogP contribution in [-0.2, 0) is 11.3 Å². The normalized spacial score (nSPS) is 24.6. The highest BCUT2D eigenvalue weighted by Gasteiger charge is 2.50. The van der Waals surface area contributed by atoms with Crippen LogP contribution in [0.25, 0.3) is 10.9 Å². The first-order chi connectivity index (χ1) is 14.7. The fraction of sp³-hybridized carbons (Fsp3) is 0.640. The van der Waals surface area contributed by atoms with Gasteiger partial charge in [0.15, 0.2) is 5.16 Å². The number of rotatable bonds is 7. The van der Waals surface area contributed by atoms with E-state index in [2.05, 4.69) is 25.7 Å². The van der Waals surface area contributed by atoms with Gasteiger partial charge in [0.1, 0.15) is 0 Å².